The molecule has 0 bridgehead atoms. The third kappa shape index (κ3) is 2.40. The fourth-order valence-electron chi connectivity index (χ4n) is 2.66. The molecule has 0 aromatic carbocycles. The number of nitrogens with one attached hydrogen (secondary N) is 2. The predicted octanol–water partition coefficient (Wildman–Crippen LogP) is 0.927. The Balaban J connectivity index is 1.85. The first-order valence-corrected chi connectivity index (χ1v) is 7.18. The highest BCUT2D eigenvalue weighted by atomic mass is 15.3. The molecule has 7 heteroatoms. The largest absolute Gasteiger partial charge is 0.357 e. The van der Waals surface area contributed by atoms with E-state index < -0.39 is 0 Å². The van der Waals surface area contributed by atoms with E-state index in [9.17, 15) is 0 Å². The summed E-state index contributed by atoms with van der Waals surface area (Å²) >= 11 is 0. The van der Waals surface area contributed by atoms with E-state index >= 15 is 0 Å². The lowest BCUT2D eigenvalue weighted by Crippen LogP contribution is -2.47. The molecule has 2 aromatic rings. The molecular formula is C13H21N7. The van der Waals surface area contributed by atoms with Gasteiger partial charge in [-0.15, -0.1) is 0 Å². The summed E-state index contributed by atoms with van der Waals surface area (Å²) in [6.07, 6.45) is 2.89. The second-order valence-corrected chi connectivity index (χ2v) is 5.05. The number of piperazine rings is 1. The van der Waals surface area contributed by atoms with E-state index in [4.69, 9.17) is 0 Å². The zero-order valence-electron chi connectivity index (χ0n) is 12.1. The van der Waals surface area contributed by atoms with Crippen molar-refractivity contribution in [2.45, 2.75) is 13.3 Å². The smallest absolute Gasteiger partial charge is 0.226 e. The predicted molar refractivity (Wildman–Crippen MR) is 80.2 cm³/mol. The number of rotatable bonds is 4. The highest BCUT2D eigenvalue weighted by Crippen LogP contribution is 2.23. The van der Waals surface area contributed by atoms with Crippen molar-refractivity contribution in [3.8, 4) is 0 Å². The van der Waals surface area contributed by atoms with Crippen LogP contribution in [0.15, 0.2) is 6.33 Å². The average Bonchev–Trinajstić information content (AvgIpc) is 2.95. The van der Waals surface area contributed by atoms with E-state index in [1.165, 1.54) is 13.0 Å². The number of H-pyrrole nitrogens is 1. The Morgan fingerprint density at radius 2 is 2.05 bits per heavy atom. The fourth-order valence-corrected chi connectivity index (χ4v) is 2.66. The molecule has 0 amide bonds. The molecule has 20 heavy (non-hydrogen) atoms. The standard InChI is InChI=1S/C13H21N7/c1-3-4-19-5-7-20(8-6-19)12-10-11(16-9-15-10)17-13(14-2)18-12/h9H,3-8H2,1-2H3,(H2,14,15,16,17,18). The highest BCUT2D eigenvalue weighted by Gasteiger charge is 2.21. The lowest BCUT2D eigenvalue weighted by molar-refractivity contribution is 0.258. The first kappa shape index (κ1) is 13.1. The van der Waals surface area contributed by atoms with Crippen LogP contribution in [0, 0.1) is 0 Å². The van der Waals surface area contributed by atoms with Crippen molar-refractivity contribution in [3.63, 3.8) is 0 Å². The second-order valence-electron chi connectivity index (χ2n) is 5.05. The Morgan fingerprint density at radius 3 is 2.75 bits per heavy atom. The van der Waals surface area contributed by atoms with E-state index in [1.54, 1.807) is 6.33 Å². The topological polar surface area (TPSA) is 73.0 Å². The lowest BCUT2D eigenvalue weighted by Gasteiger charge is -2.35. The molecule has 0 saturated carbocycles. The number of hydrogen-bond donors (Lipinski definition) is 2. The Labute approximate surface area is 118 Å². The third-order valence-corrected chi connectivity index (χ3v) is 3.70. The maximum atomic E-state index is 4.60. The van der Waals surface area contributed by atoms with Gasteiger partial charge in [-0.25, -0.2) is 4.98 Å². The van der Waals surface area contributed by atoms with Gasteiger partial charge in [-0.3, -0.25) is 4.90 Å². The molecule has 2 aromatic heterocycles. The van der Waals surface area contributed by atoms with Gasteiger partial charge in [-0.2, -0.15) is 9.97 Å². The molecule has 1 aliphatic rings. The van der Waals surface area contributed by atoms with Gasteiger partial charge in [-0.1, -0.05) is 6.92 Å². The van der Waals surface area contributed by atoms with Gasteiger partial charge in [0.05, 0.1) is 6.33 Å². The summed E-state index contributed by atoms with van der Waals surface area (Å²) in [5.74, 6) is 1.57. The summed E-state index contributed by atoms with van der Waals surface area (Å²) in [7, 11) is 1.83. The average molecular weight is 275 g/mol. The summed E-state index contributed by atoms with van der Waals surface area (Å²) in [6, 6.07) is 0. The van der Waals surface area contributed by atoms with Crippen LogP contribution in [-0.2, 0) is 0 Å². The highest BCUT2D eigenvalue weighted by molar-refractivity contribution is 5.84. The van der Waals surface area contributed by atoms with Gasteiger partial charge >= 0.3 is 0 Å². The molecule has 3 heterocycles. The van der Waals surface area contributed by atoms with Crippen LogP contribution in [0.5, 0.6) is 0 Å². The fraction of sp³-hybridized carbons (Fsp3) is 0.615. The van der Waals surface area contributed by atoms with Crippen molar-refractivity contribution in [1.82, 2.24) is 24.8 Å². The Hall–Kier alpha value is -1.89. The molecule has 0 radical (unpaired) electrons. The SMILES string of the molecule is CCCN1CCN(c2nc(NC)nc3nc[nH]c23)CC1. The van der Waals surface area contributed by atoms with Crippen LogP contribution in [0.4, 0.5) is 11.8 Å². The van der Waals surface area contributed by atoms with Crippen LogP contribution < -0.4 is 10.2 Å². The number of nitrogens with zero attached hydrogens (tertiary/aromatic N) is 5. The Bertz CT molecular complexity index is 571. The van der Waals surface area contributed by atoms with E-state index in [-0.39, 0.29) is 0 Å². The van der Waals surface area contributed by atoms with Gasteiger partial charge < -0.3 is 15.2 Å². The summed E-state index contributed by atoms with van der Waals surface area (Å²) < 4.78 is 0. The maximum Gasteiger partial charge on any atom is 0.226 e. The molecule has 1 saturated heterocycles. The number of hydrogen-bond acceptors (Lipinski definition) is 6. The van der Waals surface area contributed by atoms with E-state index in [1.807, 2.05) is 7.05 Å². The molecule has 0 atom stereocenters. The van der Waals surface area contributed by atoms with Crippen molar-refractivity contribution in [1.29, 1.82) is 0 Å². The van der Waals surface area contributed by atoms with Crippen molar-refractivity contribution in [2.75, 3.05) is 50.0 Å². The molecule has 7 nitrogen and oxygen atoms in total. The quantitative estimate of drug-likeness (QED) is 0.864. The van der Waals surface area contributed by atoms with Crippen molar-refractivity contribution < 1.29 is 0 Å². The van der Waals surface area contributed by atoms with Crippen LogP contribution in [0.3, 0.4) is 0 Å². The van der Waals surface area contributed by atoms with Crippen LogP contribution in [0.2, 0.25) is 0 Å². The Kier molecular flexibility index (Phi) is 3.68. The molecule has 0 spiro atoms. The second kappa shape index (κ2) is 5.62. The zero-order valence-corrected chi connectivity index (χ0v) is 12.1. The molecule has 1 fully saturated rings. The van der Waals surface area contributed by atoms with Crippen LogP contribution in [0.1, 0.15) is 13.3 Å². The summed E-state index contributed by atoms with van der Waals surface area (Å²) in [5, 5.41) is 3.00. The molecule has 1 aliphatic heterocycles. The zero-order chi connectivity index (χ0) is 13.9. The van der Waals surface area contributed by atoms with E-state index in [0.29, 0.717) is 5.95 Å². The monoisotopic (exact) mass is 275 g/mol. The summed E-state index contributed by atoms with van der Waals surface area (Å²) in [6.45, 7) is 7.57. The number of aromatic amines is 1. The lowest BCUT2D eigenvalue weighted by atomic mass is 10.3. The minimum absolute atomic E-state index is 0.621. The van der Waals surface area contributed by atoms with Crippen molar-refractivity contribution >= 4 is 22.9 Å². The first-order valence-electron chi connectivity index (χ1n) is 7.18. The van der Waals surface area contributed by atoms with Gasteiger partial charge in [0, 0.05) is 33.2 Å². The van der Waals surface area contributed by atoms with Crippen LogP contribution in [-0.4, -0.2) is 64.6 Å². The molecular weight excluding hydrogens is 254 g/mol. The molecule has 2 N–H and O–H groups in total. The van der Waals surface area contributed by atoms with Crippen molar-refractivity contribution in [2.24, 2.45) is 0 Å². The number of aromatic nitrogens is 4. The van der Waals surface area contributed by atoms with Crippen LogP contribution in [0.25, 0.3) is 11.2 Å². The molecule has 0 aliphatic carbocycles. The van der Waals surface area contributed by atoms with Crippen LogP contribution >= 0.6 is 0 Å². The number of anilines is 2. The Morgan fingerprint density at radius 1 is 1.25 bits per heavy atom. The molecule has 108 valence electrons. The van der Waals surface area contributed by atoms with Crippen molar-refractivity contribution in [3.05, 3.63) is 6.33 Å². The minimum atomic E-state index is 0.621. The molecule has 3 rings (SSSR count). The van der Waals surface area contributed by atoms with Gasteiger partial charge in [0.25, 0.3) is 0 Å². The van der Waals surface area contributed by atoms with E-state index in [0.717, 1.165) is 43.2 Å². The van der Waals surface area contributed by atoms with Gasteiger partial charge in [0.15, 0.2) is 11.5 Å². The normalized spacial score (nSPS) is 16.8. The van der Waals surface area contributed by atoms with Gasteiger partial charge in [0.2, 0.25) is 5.95 Å². The molecule has 0 unspecified atom stereocenters. The summed E-state index contributed by atoms with van der Waals surface area (Å²) in [4.78, 5) is 21.2. The third-order valence-electron chi connectivity index (χ3n) is 3.70. The number of fused-ring (bicyclic) bond motifs is 1. The van der Waals surface area contributed by atoms with E-state index in [2.05, 4.69) is 42.0 Å². The maximum absolute atomic E-state index is 4.60. The van der Waals surface area contributed by atoms with Gasteiger partial charge in [0.1, 0.15) is 5.52 Å². The summed E-state index contributed by atoms with van der Waals surface area (Å²) in [5.41, 5.74) is 1.64. The number of imidazole rings is 1. The minimum Gasteiger partial charge on any atom is -0.357 e. The van der Waals surface area contributed by atoms with Gasteiger partial charge in [-0.05, 0) is 13.0 Å². The first-order chi connectivity index (χ1) is 9.81.